The summed E-state index contributed by atoms with van der Waals surface area (Å²) in [4.78, 5) is 26.5. The van der Waals surface area contributed by atoms with E-state index in [1.54, 1.807) is 0 Å². The maximum Gasteiger partial charge on any atom is 0.133 e. The Morgan fingerprint density at radius 1 is 0.833 bits per heavy atom. The van der Waals surface area contributed by atoms with E-state index in [4.69, 9.17) is 0 Å². The Bertz CT molecular complexity index is 483. The van der Waals surface area contributed by atoms with E-state index in [0.717, 1.165) is 31.5 Å². The molecule has 3 heteroatoms. The van der Waals surface area contributed by atoms with Crippen LogP contribution >= 0.6 is 0 Å². The SMILES string of the molecule is CCCC(=O)CC(CC(=O)CCC)c1ccc(N(CC)CC)cc1. The molecule has 0 bridgehead atoms. The maximum absolute atomic E-state index is 12.1. The fourth-order valence-electron chi connectivity index (χ4n) is 3.17. The van der Waals surface area contributed by atoms with E-state index in [0.29, 0.717) is 25.7 Å². The molecule has 0 fully saturated rings. The highest BCUT2D eigenvalue weighted by molar-refractivity contribution is 5.83. The number of nitrogens with zero attached hydrogens (tertiary/aromatic N) is 1. The van der Waals surface area contributed by atoms with Crippen molar-refractivity contribution in [3.8, 4) is 0 Å². The summed E-state index contributed by atoms with van der Waals surface area (Å²) < 4.78 is 0. The first-order chi connectivity index (χ1) is 11.5. The average Bonchev–Trinajstić information content (AvgIpc) is 2.56. The molecule has 134 valence electrons. The number of Topliss-reactive ketones (excluding diaryl/α,β-unsaturated/α-hetero) is 2. The van der Waals surface area contributed by atoms with Crippen LogP contribution in [0.2, 0.25) is 0 Å². The molecule has 3 nitrogen and oxygen atoms in total. The number of ketones is 2. The molecule has 0 atom stereocenters. The van der Waals surface area contributed by atoms with Crippen molar-refractivity contribution in [1.82, 2.24) is 0 Å². The molecule has 0 aliphatic heterocycles. The summed E-state index contributed by atoms with van der Waals surface area (Å²) in [6.07, 6.45) is 3.92. The van der Waals surface area contributed by atoms with E-state index in [9.17, 15) is 9.59 Å². The number of hydrogen-bond donors (Lipinski definition) is 0. The zero-order valence-corrected chi connectivity index (χ0v) is 15.8. The minimum Gasteiger partial charge on any atom is -0.372 e. The van der Waals surface area contributed by atoms with Crippen LogP contribution in [0.25, 0.3) is 0 Å². The first kappa shape index (κ1) is 20.4. The number of hydrogen-bond acceptors (Lipinski definition) is 3. The van der Waals surface area contributed by atoms with Gasteiger partial charge in [0.15, 0.2) is 0 Å². The van der Waals surface area contributed by atoms with Crippen molar-refractivity contribution < 1.29 is 9.59 Å². The lowest BCUT2D eigenvalue weighted by Crippen LogP contribution is -2.21. The first-order valence-electron chi connectivity index (χ1n) is 9.43. The van der Waals surface area contributed by atoms with Gasteiger partial charge in [0.25, 0.3) is 0 Å². The van der Waals surface area contributed by atoms with E-state index in [1.165, 1.54) is 5.69 Å². The molecule has 0 saturated heterocycles. The second-order valence-corrected chi connectivity index (χ2v) is 6.45. The predicted molar refractivity (Wildman–Crippen MR) is 102 cm³/mol. The van der Waals surface area contributed by atoms with Crippen molar-refractivity contribution in [2.75, 3.05) is 18.0 Å². The van der Waals surface area contributed by atoms with Crippen LogP contribution in [0.1, 0.15) is 77.7 Å². The Morgan fingerprint density at radius 2 is 1.29 bits per heavy atom. The molecule has 0 aliphatic rings. The van der Waals surface area contributed by atoms with Gasteiger partial charge in [-0.3, -0.25) is 9.59 Å². The second-order valence-electron chi connectivity index (χ2n) is 6.45. The molecule has 1 aromatic rings. The zero-order valence-electron chi connectivity index (χ0n) is 15.8. The molecule has 0 N–H and O–H groups in total. The quantitative estimate of drug-likeness (QED) is 0.532. The average molecular weight is 332 g/mol. The highest BCUT2D eigenvalue weighted by Gasteiger charge is 2.19. The number of carbonyl (C=O) groups excluding carboxylic acids is 2. The van der Waals surface area contributed by atoms with Gasteiger partial charge in [-0.05, 0) is 50.3 Å². The van der Waals surface area contributed by atoms with Gasteiger partial charge in [0.1, 0.15) is 11.6 Å². The van der Waals surface area contributed by atoms with Gasteiger partial charge in [0.2, 0.25) is 0 Å². The molecule has 0 amide bonds. The zero-order chi connectivity index (χ0) is 17.9. The highest BCUT2D eigenvalue weighted by Crippen LogP contribution is 2.28. The fourth-order valence-corrected chi connectivity index (χ4v) is 3.17. The van der Waals surface area contributed by atoms with E-state index >= 15 is 0 Å². The number of rotatable bonds is 12. The maximum atomic E-state index is 12.1. The lowest BCUT2D eigenvalue weighted by atomic mass is 9.87. The molecule has 24 heavy (non-hydrogen) atoms. The normalized spacial score (nSPS) is 10.9. The smallest absolute Gasteiger partial charge is 0.133 e. The van der Waals surface area contributed by atoms with Crippen LogP contribution in [0.3, 0.4) is 0 Å². The van der Waals surface area contributed by atoms with Crippen LogP contribution in [0, 0.1) is 0 Å². The summed E-state index contributed by atoms with van der Waals surface area (Å²) >= 11 is 0. The molecule has 0 unspecified atom stereocenters. The minimum atomic E-state index is 0.0221. The summed E-state index contributed by atoms with van der Waals surface area (Å²) in [5.41, 5.74) is 2.31. The lowest BCUT2D eigenvalue weighted by Gasteiger charge is -2.22. The van der Waals surface area contributed by atoms with E-state index in [-0.39, 0.29) is 17.5 Å². The molecule has 1 aromatic carbocycles. The Labute approximate surface area is 147 Å². The van der Waals surface area contributed by atoms with Gasteiger partial charge in [-0.2, -0.15) is 0 Å². The second kappa shape index (κ2) is 11.0. The number of benzene rings is 1. The molecule has 1 rings (SSSR count). The van der Waals surface area contributed by atoms with Gasteiger partial charge >= 0.3 is 0 Å². The lowest BCUT2D eigenvalue weighted by molar-refractivity contribution is -0.121. The molecule has 0 heterocycles. The van der Waals surface area contributed by atoms with Crippen molar-refractivity contribution in [2.45, 2.75) is 72.1 Å². The van der Waals surface area contributed by atoms with Crippen LogP contribution in [-0.2, 0) is 9.59 Å². The van der Waals surface area contributed by atoms with Crippen LogP contribution in [0.4, 0.5) is 5.69 Å². The molecule has 0 radical (unpaired) electrons. The minimum absolute atomic E-state index is 0.0221. The Kier molecular flexibility index (Phi) is 9.36. The van der Waals surface area contributed by atoms with Crippen molar-refractivity contribution in [3.05, 3.63) is 29.8 Å². The third-order valence-electron chi connectivity index (χ3n) is 4.50. The van der Waals surface area contributed by atoms with Crippen molar-refractivity contribution in [2.24, 2.45) is 0 Å². The number of anilines is 1. The monoisotopic (exact) mass is 331 g/mol. The summed E-state index contributed by atoms with van der Waals surface area (Å²) in [5.74, 6) is 0.549. The topological polar surface area (TPSA) is 37.4 Å². The largest absolute Gasteiger partial charge is 0.372 e. The molecule has 0 aromatic heterocycles. The highest BCUT2D eigenvalue weighted by atomic mass is 16.1. The Balaban J connectivity index is 2.91. The van der Waals surface area contributed by atoms with Crippen molar-refractivity contribution in [3.63, 3.8) is 0 Å². The standard InChI is InChI=1S/C21H33NO2/c1-5-9-20(23)15-18(16-21(24)10-6-2)17-11-13-19(14-12-17)22(7-3)8-4/h11-14,18H,5-10,15-16H2,1-4H3. The number of carbonyl (C=O) groups is 2. The van der Waals surface area contributed by atoms with Crippen LogP contribution < -0.4 is 4.90 Å². The Hall–Kier alpha value is -1.64. The van der Waals surface area contributed by atoms with Crippen molar-refractivity contribution in [1.29, 1.82) is 0 Å². The van der Waals surface area contributed by atoms with Gasteiger partial charge < -0.3 is 4.90 Å². The van der Waals surface area contributed by atoms with Gasteiger partial charge in [-0.1, -0.05) is 26.0 Å². The van der Waals surface area contributed by atoms with E-state index in [1.807, 2.05) is 13.8 Å². The van der Waals surface area contributed by atoms with Gasteiger partial charge in [-0.25, -0.2) is 0 Å². The summed E-state index contributed by atoms with van der Waals surface area (Å²) in [5, 5.41) is 0. The molecular formula is C21H33NO2. The molecule has 0 saturated carbocycles. The van der Waals surface area contributed by atoms with Crippen LogP contribution in [0.5, 0.6) is 0 Å². The molecule has 0 aliphatic carbocycles. The molecule has 0 spiro atoms. The third-order valence-corrected chi connectivity index (χ3v) is 4.50. The van der Waals surface area contributed by atoms with Crippen LogP contribution in [-0.4, -0.2) is 24.7 Å². The predicted octanol–water partition coefficient (Wildman–Crippen LogP) is 5.14. The van der Waals surface area contributed by atoms with Gasteiger partial charge in [0.05, 0.1) is 0 Å². The fraction of sp³-hybridized carbons (Fsp3) is 0.619. The van der Waals surface area contributed by atoms with E-state index in [2.05, 4.69) is 43.0 Å². The van der Waals surface area contributed by atoms with Gasteiger partial charge in [0, 0.05) is 44.5 Å². The van der Waals surface area contributed by atoms with E-state index < -0.39 is 0 Å². The summed E-state index contributed by atoms with van der Waals surface area (Å²) in [6.45, 7) is 10.3. The Morgan fingerprint density at radius 3 is 1.67 bits per heavy atom. The van der Waals surface area contributed by atoms with Gasteiger partial charge in [-0.15, -0.1) is 0 Å². The van der Waals surface area contributed by atoms with Crippen LogP contribution in [0.15, 0.2) is 24.3 Å². The first-order valence-corrected chi connectivity index (χ1v) is 9.43. The summed E-state index contributed by atoms with van der Waals surface area (Å²) in [6, 6.07) is 8.42. The molecular weight excluding hydrogens is 298 g/mol. The van der Waals surface area contributed by atoms with Crippen molar-refractivity contribution >= 4 is 17.3 Å². The summed E-state index contributed by atoms with van der Waals surface area (Å²) in [7, 11) is 0. The third kappa shape index (κ3) is 6.46.